The molecule has 4 aromatic rings. The number of hydrogen-bond donors (Lipinski definition) is 1. The molecule has 5 rings (SSSR count). The van der Waals surface area contributed by atoms with Gasteiger partial charge in [-0.05, 0) is 36.8 Å². The molecule has 1 aliphatic rings. The number of ether oxygens (including phenoxy) is 1. The van der Waals surface area contributed by atoms with Crippen LogP contribution in [0.4, 0.5) is 10.1 Å². The molecular weight excluding hydrogens is 492 g/mol. The maximum atomic E-state index is 14.1. The van der Waals surface area contributed by atoms with Crippen molar-refractivity contribution in [3.05, 3.63) is 79.8 Å². The summed E-state index contributed by atoms with van der Waals surface area (Å²) in [6.45, 7) is 1.60. The van der Waals surface area contributed by atoms with Gasteiger partial charge in [-0.25, -0.2) is 4.39 Å². The molecule has 3 aromatic heterocycles. The second-order valence-electron chi connectivity index (χ2n) is 7.50. The minimum atomic E-state index is -0.696. The summed E-state index contributed by atoms with van der Waals surface area (Å²) in [6.07, 6.45) is 3.17. The topological polar surface area (TPSA) is 100 Å². The summed E-state index contributed by atoms with van der Waals surface area (Å²) >= 11 is 0. The van der Waals surface area contributed by atoms with Gasteiger partial charge in [-0.3, -0.25) is 9.59 Å². The van der Waals surface area contributed by atoms with Crippen LogP contribution in [0.25, 0.3) is 27.3 Å². The quantitative estimate of drug-likeness (QED) is 0.392. The Labute approximate surface area is 205 Å². The van der Waals surface area contributed by atoms with E-state index in [4.69, 9.17) is 4.74 Å². The Balaban J connectivity index is 0.00000245. The van der Waals surface area contributed by atoms with E-state index in [2.05, 4.69) is 10.3 Å². The molecule has 0 aliphatic carbocycles. The van der Waals surface area contributed by atoms with Gasteiger partial charge in [0.25, 0.3) is 11.1 Å². The van der Waals surface area contributed by atoms with E-state index in [9.17, 15) is 18.8 Å². The molecule has 1 aliphatic heterocycles. The molecule has 1 amide bonds. The van der Waals surface area contributed by atoms with Crippen molar-refractivity contribution in [2.24, 2.45) is 14.1 Å². The zero-order valence-corrected chi connectivity index (χ0v) is 20.2. The number of nitrogens with zero attached hydrogens (tertiary/aromatic N) is 3. The van der Waals surface area contributed by atoms with Crippen molar-refractivity contribution >= 4 is 22.5 Å². The molecule has 0 saturated carbocycles. The summed E-state index contributed by atoms with van der Waals surface area (Å²) in [7, 11) is 3.15. The van der Waals surface area contributed by atoms with E-state index in [0.29, 0.717) is 22.1 Å². The van der Waals surface area contributed by atoms with Crippen molar-refractivity contribution < 1.29 is 46.6 Å². The van der Waals surface area contributed by atoms with Crippen molar-refractivity contribution in [3.8, 4) is 22.6 Å². The Morgan fingerprint density at radius 2 is 1.75 bits per heavy atom. The van der Waals surface area contributed by atoms with Crippen molar-refractivity contribution in [1.29, 1.82) is 0 Å². The van der Waals surface area contributed by atoms with Crippen LogP contribution in [0.3, 0.4) is 0 Å². The maximum Gasteiger partial charge on any atom is 0.293 e. The second kappa shape index (κ2) is 7.83. The molecule has 0 spiro atoms. The number of pyridine rings is 2. The first-order chi connectivity index (χ1) is 14.7. The van der Waals surface area contributed by atoms with Gasteiger partial charge >= 0.3 is 0 Å². The van der Waals surface area contributed by atoms with Gasteiger partial charge in [0.1, 0.15) is 23.0 Å². The zero-order valence-electron chi connectivity index (χ0n) is 17.4. The van der Waals surface area contributed by atoms with E-state index >= 15 is 0 Å². The number of hydrogen-bond acceptors (Lipinski definition) is 4. The largest absolute Gasteiger partial charge is 0.618 e. The minimum absolute atomic E-state index is 0. The molecule has 4 heterocycles. The van der Waals surface area contributed by atoms with E-state index in [1.165, 1.54) is 21.3 Å². The number of nitrogens with one attached hydrogen (secondary N) is 1. The van der Waals surface area contributed by atoms with Gasteiger partial charge in [0, 0.05) is 75.7 Å². The monoisotopic (exact) mass is 508 g/mol. The number of aromatic nitrogens is 3. The van der Waals surface area contributed by atoms with Crippen molar-refractivity contribution in [3.63, 3.8) is 0 Å². The third kappa shape index (κ3) is 3.32. The summed E-state index contributed by atoms with van der Waals surface area (Å²) in [6, 6.07) is 5.51. The Hall–Kier alpha value is -3.04. The Bertz CT molecular complexity index is 1550. The molecule has 0 atom stereocenters. The first-order valence-electron chi connectivity index (χ1n) is 9.41. The summed E-state index contributed by atoms with van der Waals surface area (Å²) in [5, 5.41) is 4.46. The number of carbonyl (C=O) groups is 1. The fourth-order valence-corrected chi connectivity index (χ4v) is 3.78. The predicted octanol–water partition coefficient (Wildman–Crippen LogP) is 3.63. The van der Waals surface area contributed by atoms with Crippen LogP contribution in [-0.4, -0.2) is 20.0 Å². The number of fused-ring (bicyclic) bond motifs is 4. The number of halogens is 1. The van der Waals surface area contributed by atoms with E-state index < -0.39 is 17.3 Å². The van der Waals surface area contributed by atoms with Crippen LogP contribution in [0.1, 0.15) is 16.1 Å². The van der Waals surface area contributed by atoms with Crippen molar-refractivity contribution in [2.45, 2.75) is 6.92 Å². The van der Waals surface area contributed by atoms with E-state index in [0.717, 1.165) is 6.07 Å². The van der Waals surface area contributed by atoms with E-state index in [1.807, 2.05) is 0 Å². The van der Waals surface area contributed by atoms with Gasteiger partial charge in [-0.15, -0.1) is 0 Å². The molecule has 8 nitrogen and oxygen atoms in total. The van der Waals surface area contributed by atoms with Gasteiger partial charge in [-0.2, -0.15) is 0 Å². The third-order valence-corrected chi connectivity index (χ3v) is 5.36. The molecule has 0 unspecified atom stereocenters. The van der Waals surface area contributed by atoms with Gasteiger partial charge in [0.2, 0.25) is 0 Å². The van der Waals surface area contributed by atoms with Crippen LogP contribution >= 0.6 is 0 Å². The predicted molar refractivity (Wildman–Crippen MR) is 113 cm³/mol. The first-order valence-corrected chi connectivity index (χ1v) is 9.41. The first kappa shape index (κ1) is 22.2. The molecule has 0 fully saturated rings. The number of carbonyl (C=O) groups excluding carboxylic acids is 1. The average Bonchev–Trinajstić information content (AvgIpc) is 3.15. The summed E-state index contributed by atoms with van der Waals surface area (Å²) in [5.74, 6) is -1.21. The normalized spacial score (nSPS) is 12.3. The molecule has 0 saturated heterocycles. The van der Waals surface area contributed by atoms with Gasteiger partial charge in [0.05, 0.1) is 5.69 Å². The number of amides is 1. The third-order valence-electron chi connectivity index (χ3n) is 5.36. The number of aromatic amines is 1. The van der Waals surface area contributed by atoms with E-state index in [1.54, 1.807) is 39.5 Å². The number of rotatable bonds is 0. The van der Waals surface area contributed by atoms with Crippen LogP contribution in [-0.2, 0) is 46.8 Å². The van der Waals surface area contributed by atoms with Crippen LogP contribution in [0.2, 0.25) is 0 Å². The summed E-state index contributed by atoms with van der Waals surface area (Å²) in [4.78, 5) is 41.4. The Morgan fingerprint density at radius 1 is 1.00 bits per heavy atom. The minimum Gasteiger partial charge on any atom is -0.618 e. The molecular formula is C22H16FN4O4Y-. The smallest absolute Gasteiger partial charge is 0.293 e. The SMILES string of the molecule is Cc1cc(F)cc2c1Oc1c(ccn(C)c1=O)-c1cn(C)c(=O)c3[nH]c(cc13)C(=O)[N-]2.[Y]. The molecule has 1 aromatic carbocycles. The van der Waals surface area contributed by atoms with Crippen LogP contribution in [0, 0.1) is 12.7 Å². The Morgan fingerprint density at radius 3 is 2.50 bits per heavy atom. The maximum absolute atomic E-state index is 14.1. The van der Waals surface area contributed by atoms with Crippen LogP contribution in [0.15, 0.2) is 46.2 Å². The van der Waals surface area contributed by atoms with Crippen molar-refractivity contribution in [2.75, 3.05) is 0 Å². The fraction of sp³-hybridized carbons (Fsp3) is 0.136. The molecule has 2 bridgehead atoms. The number of H-pyrrole nitrogens is 1. The summed E-state index contributed by atoms with van der Waals surface area (Å²) < 4.78 is 22.8. The molecule has 159 valence electrons. The number of benzene rings is 1. The van der Waals surface area contributed by atoms with Gasteiger partial charge < -0.3 is 29.0 Å². The van der Waals surface area contributed by atoms with Crippen LogP contribution < -0.4 is 15.9 Å². The molecule has 10 heteroatoms. The van der Waals surface area contributed by atoms with Gasteiger partial charge in [-0.1, -0.05) is 5.69 Å². The van der Waals surface area contributed by atoms with Crippen molar-refractivity contribution in [1.82, 2.24) is 14.1 Å². The standard InChI is InChI=1S/C22H17FN4O4.Y/c1-10-6-11(23)7-15-18(10)31-19-12(4-5-26(2)22(19)30)14-9-27(3)21(29)17-13(14)8-16(24-17)20(28)25-15;/h4-9H,1-3H3,(H2,24,25,28,29);/p-1. The van der Waals surface area contributed by atoms with Crippen LogP contribution in [0.5, 0.6) is 11.5 Å². The van der Waals surface area contributed by atoms with Gasteiger partial charge in [0.15, 0.2) is 5.75 Å². The average molecular weight is 508 g/mol. The zero-order chi connectivity index (χ0) is 22.0. The van der Waals surface area contributed by atoms with E-state index in [-0.39, 0.29) is 66.7 Å². The Kier molecular flexibility index (Phi) is 5.42. The molecule has 32 heavy (non-hydrogen) atoms. The fourth-order valence-electron chi connectivity index (χ4n) is 3.78. The number of aryl methyl sites for hydroxylation is 3. The summed E-state index contributed by atoms with van der Waals surface area (Å²) in [5.41, 5.74) is 0.770. The molecule has 1 radical (unpaired) electrons. The second-order valence-corrected chi connectivity index (χ2v) is 7.50. The molecule has 1 N–H and O–H groups in total.